The van der Waals surface area contributed by atoms with Crippen molar-refractivity contribution >= 4 is 24.3 Å². The largest absolute Gasteiger partial charge is 0.483 e. The van der Waals surface area contributed by atoms with Crippen LogP contribution in [0.15, 0.2) is 16.9 Å². The summed E-state index contributed by atoms with van der Waals surface area (Å²) in [6.07, 6.45) is 0. The molecule has 0 radical (unpaired) electrons. The quantitative estimate of drug-likeness (QED) is 0.542. The van der Waals surface area contributed by atoms with Gasteiger partial charge in [-0.3, -0.25) is 24.0 Å². The van der Waals surface area contributed by atoms with Gasteiger partial charge in [-0.2, -0.15) is 0 Å². The van der Waals surface area contributed by atoms with E-state index in [2.05, 4.69) is 9.72 Å². The summed E-state index contributed by atoms with van der Waals surface area (Å²) in [4.78, 5) is 62.2. The summed E-state index contributed by atoms with van der Waals surface area (Å²) in [6.45, 7) is 5.57. The van der Waals surface area contributed by atoms with Crippen molar-refractivity contribution in [3.8, 4) is 0 Å². The van der Waals surface area contributed by atoms with E-state index in [0.717, 1.165) is 0 Å². The standard InChI is InChI=1S/C17H23N3O5.CH2O2/c1-10(2)15-12(5-6-13(21)18-15)17(24)20-8-7-19(9-14(22)25-4)16(23)11(20)3;2-1-3/h5-6,10-11H,7-9H2,1-4H3,(H,18,21);1H,(H,2,3). The molecular formula is C18H25N3O7. The number of methoxy groups -OCH3 is 1. The van der Waals surface area contributed by atoms with Crippen LogP contribution in [0.3, 0.4) is 0 Å². The molecule has 2 N–H and O–H groups in total. The molecule has 0 aliphatic carbocycles. The maximum atomic E-state index is 12.9. The lowest BCUT2D eigenvalue weighted by molar-refractivity contribution is -0.150. The molecule has 1 aliphatic rings. The maximum Gasteiger partial charge on any atom is 0.325 e. The van der Waals surface area contributed by atoms with Crippen LogP contribution in [0.1, 0.15) is 42.7 Å². The zero-order chi connectivity index (χ0) is 21.4. The van der Waals surface area contributed by atoms with Gasteiger partial charge in [0.15, 0.2) is 0 Å². The summed E-state index contributed by atoms with van der Waals surface area (Å²) in [6, 6.07) is 2.10. The van der Waals surface area contributed by atoms with Gasteiger partial charge in [0.05, 0.1) is 12.7 Å². The monoisotopic (exact) mass is 395 g/mol. The molecule has 10 nitrogen and oxygen atoms in total. The van der Waals surface area contributed by atoms with Gasteiger partial charge in [0.1, 0.15) is 12.6 Å². The number of aromatic amines is 1. The Labute approximate surface area is 162 Å². The number of carbonyl (C=O) groups excluding carboxylic acids is 3. The number of pyridine rings is 1. The second kappa shape index (κ2) is 10.2. The minimum Gasteiger partial charge on any atom is -0.483 e. The van der Waals surface area contributed by atoms with Gasteiger partial charge in [-0.1, -0.05) is 13.8 Å². The molecular weight excluding hydrogens is 370 g/mol. The molecule has 1 atom stereocenters. The highest BCUT2D eigenvalue weighted by atomic mass is 16.5. The molecule has 2 amide bonds. The number of carbonyl (C=O) groups is 4. The first-order chi connectivity index (χ1) is 13.2. The lowest BCUT2D eigenvalue weighted by atomic mass is 10.0. The molecule has 154 valence electrons. The van der Waals surface area contributed by atoms with Crippen LogP contribution in [0, 0.1) is 0 Å². The lowest BCUT2D eigenvalue weighted by Crippen LogP contribution is -2.58. The lowest BCUT2D eigenvalue weighted by Gasteiger charge is -2.38. The Morgan fingerprint density at radius 1 is 1.32 bits per heavy atom. The highest BCUT2D eigenvalue weighted by Crippen LogP contribution is 2.20. The van der Waals surface area contributed by atoms with Gasteiger partial charge >= 0.3 is 5.97 Å². The van der Waals surface area contributed by atoms with E-state index in [0.29, 0.717) is 17.8 Å². The zero-order valence-corrected chi connectivity index (χ0v) is 16.3. The van der Waals surface area contributed by atoms with E-state index in [1.807, 2.05) is 13.8 Å². The van der Waals surface area contributed by atoms with Gasteiger partial charge in [0.25, 0.3) is 12.4 Å². The third kappa shape index (κ3) is 5.41. The SMILES string of the molecule is COC(=O)CN1CCN(C(=O)c2ccc(=O)[nH]c2C(C)C)C(C)C1=O.O=CO. The second-order valence-corrected chi connectivity index (χ2v) is 6.42. The Balaban J connectivity index is 0.00000122. The van der Waals surface area contributed by atoms with Crippen molar-refractivity contribution in [3.63, 3.8) is 0 Å². The Morgan fingerprint density at radius 3 is 2.46 bits per heavy atom. The average molecular weight is 395 g/mol. The Kier molecular flexibility index (Phi) is 8.36. The Morgan fingerprint density at radius 2 is 1.93 bits per heavy atom. The van der Waals surface area contributed by atoms with Crippen molar-refractivity contribution in [2.75, 3.05) is 26.7 Å². The van der Waals surface area contributed by atoms with Crippen LogP contribution in [0.4, 0.5) is 0 Å². The van der Waals surface area contributed by atoms with E-state index in [4.69, 9.17) is 9.90 Å². The van der Waals surface area contributed by atoms with Crippen molar-refractivity contribution in [1.82, 2.24) is 14.8 Å². The number of hydrogen-bond donors (Lipinski definition) is 2. The van der Waals surface area contributed by atoms with Gasteiger partial charge < -0.3 is 24.6 Å². The first-order valence-electron chi connectivity index (χ1n) is 8.65. The molecule has 1 aromatic heterocycles. The third-order valence-electron chi connectivity index (χ3n) is 4.31. The van der Waals surface area contributed by atoms with Crippen molar-refractivity contribution < 1.29 is 29.0 Å². The highest BCUT2D eigenvalue weighted by Gasteiger charge is 2.36. The molecule has 0 bridgehead atoms. The van der Waals surface area contributed by atoms with Crippen LogP contribution in [0.25, 0.3) is 0 Å². The fraction of sp³-hybridized carbons (Fsp3) is 0.500. The fourth-order valence-electron chi connectivity index (χ4n) is 2.87. The molecule has 0 spiro atoms. The zero-order valence-electron chi connectivity index (χ0n) is 16.3. The van der Waals surface area contributed by atoms with Crippen molar-refractivity contribution in [3.05, 3.63) is 33.7 Å². The van der Waals surface area contributed by atoms with E-state index in [1.165, 1.54) is 29.0 Å². The minimum absolute atomic E-state index is 0.0422. The number of hydrogen-bond acceptors (Lipinski definition) is 6. The molecule has 28 heavy (non-hydrogen) atoms. The highest BCUT2D eigenvalue weighted by molar-refractivity contribution is 5.99. The number of piperazine rings is 1. The van der Waals surface area contributed by atoms with Gasteiger partial charge in [0, 0.05) is 24.8 Å². The van der Waals surface area contributed by atoms with Gasteiger partial charge in [0.2, 0.25) is 11.5 Å². The summed E-state index contributed by atoms with van der Waals surface area (Å²) < 4.78 is 4.59. The number of rotatable bonds is 4. The molecule has 2 heterocycles. The first-order valence-corrected chi connectivity index (χ1v) is 8.65. The summed E-state index contributed by atoms with van der Waals surface area (Å²) in [5.41, 5.74) is 0.664. The predicted octanol–water partition coefficient (Wildman–Crippen LogP) is 0.0450. The van der Waals surface area contributed by atoms with E-state index in [9.17, 15) is 19.2 Å². The van der Waals surface area contributed by atoms with Crippen LogP contribution in [-0.2, 0) is 19.1 Å². The number of aromatic nitrogens is 1. The Bertz CT molecular complexity index is 788. The molecule has 1 saturated heterocycles. The van der Waals surface area contributed by atoms with Crippen molar-refractivity contribution in [2.45, 2.75) is 32.7 Å². The molecule has 2 rings (SSSR count). The summed E-state index contributed by atoms with van der Waals surface area (Å²) in [7, 11) is 1.26. The topological polar surface area (TPSA) is 137 Å². The molecule has 1 unspecified atom stereocenters. The smallest absolute Gasteiger partial charge is 0.325 e. The minimum atomic E-state index is -0.696. The summed E-state index contributed by atoms with van der Waals surface area (Å²) in [5, 5.41) is 6.89. The van der Waals surface area contributed by atoms with Crippen molar-refractivity contribution in [2.24, 2.45) is 0 Å². The van der Waals surface area contributed by atoms with Crippen LogP contribution >= 0.6 is 0 Å². The number of ether oxygens (including phenoxy) is 1. The molecule has 1 fully saturated rings. The molecule has 1 aromatic rings. The van der Waals surface area contributed by atoms with Crippen LogP contribution < -0.4 is 5.56 Å². The third-order valence-corrected chi connectivity index (χ3v) is 4.31. The number of esters is 1. The van der Waals surface area contributed by atoms with Gasteiger partial charge in [-0.05, 0) is 18.9 Å². The van der Waals surface area contributed by atoms with Gasteiger partial charge in [-0.25, -0.2) is 0 Å². The summed E-state index contributed by atoms with van der Waals surface area (Å²) >= 11 is 0. The fourth-order valence-corrected chi connectivity index (χ4v) is 2.87. The molecule has 0 saturated carbocycles. The van der Waals surface area contributed by atoms with Crippen LogP contribution in [0.2, 0.25) is 0 Å². The number of nitrogens with one attached hydrogen (secondary N) is 1. The van der Waals surface area contributed by atoms with E-state index in [1.54, 1.807) is 6.92 Å². The molecule has 10 heteroatoms. The predicted molar refractivity (Wildman–Crippen MR) is 98.9 cm³/mol. The Hall–Kier alpha value is -3.17. The van der Waals surface area contributed by atoms with E-state index < -0.39 is 12.0 Å². The van der Waals surface area contributed by atoms with E-state index >= 15 is 0 Å². The number of carboxylic acid groups (broad SMARTS) is 1. The number of nitrogens with zero attached hydrogens (tertiary/aromatic N) is 2. The maximum absolute atomic E-state index is 12.9. The van der Waals surface area contributed by atoms with Crippen molar-refractivity contribution in [1.29, 1.82) is 0 Å². The van der Waals surface area contributed by atoms with Gasteiger partial charge in [-0.15, -0.1) is 0 Å². The number of H-pyrrole nitrogens is 1. The molecule has 0 aromatic carbocycles. The van der Waals surface area contributed by atoms with Crippen LogP contribution in [0.5, 0.6) is 0 Å². The van der Waals surface area contributed by atoms with Crippen LogP contribution in [-0.4, -0.2) is 76.9 Å². The average Bonchev–Trinajstić information content (AvgIpc) is 2.65. The molecule has 1 aliphatic heterocycles. The normalized spacial score (nSPS) is 16.3. The summed E-state index contributed by atoms with van der Waals surface area (Å²) in [5.74, 6) is -1.15. The second-order valence-electron chi connectivity index (χ2n) is 6.42. The van der Waals surface area contributed by atoms with E-state index in [-0.39, 0.29) is 42.9 Å². The first kappa shape index (κ1) is 22.9. The number of amides is 2.